The van der Waals surface area contributed by atoms with E-state index in [9.17, 15) is 4.39 Å². The number of hydrogen-bond acceptors (Lipinski definition) is 4. The number of benzene rings is 1. The SMILES string of the molecule is NCc1ccncc1N1CCN(c2ccccc2F)CC1. The maximum atomic E-state index is 13.8. The molecule has 4 nitrogen and oxygen atoms in total. The molecular formula is C16H19FN4. The Morgan fingerprint density at radius 1 is 1.00 bits per heavy atom. The fourth-order valence-electron chi connectivity index (χ4n) is 2.77. The molecule has 2 heterocycles. The van der Waals surface area contributed by atoms with Crippen LogP contribution in [0, 0.1) is 5.82 Å². The molecule has 1 aliphatic heterocycles. The van der Waals surface area contributed by atoms with Gasteiger partial charge in [0.1, 0.15) is 5.82 Å². The molecule has 0 spiro atoms. The van der Waals surface area contributed by atoms with Crippen molar-refractivity contribution in [2.45, 2.75) is 6.54 Å². The molecule has 0 saturated carbocycles. The van der Waals surface area contributed by atoms with Crippen molar-refractivity contribution in [3.8, 4) is 0 Å². The van der Waals surface area contributed by atoms with Crippen LogP contribution in [0.15, 0.2) is 42.7 Å². The van der Waals surface area contributed by atoms with Gasteiger partial charge in [0.2, 0.25) is 0 Å². The van der Waals surface area contributed by atoms with Crippen LogP contribution >= 0.6 is 0 Å². The van der Waals surface area contributed by atoms with E-state index in [0.717, 1.165) is 37.4 Å². The lowest BCUT2D eigenvalue weighted by atomic mass is 10.1. The highest BCUT2D eigenvalue weighted by molar-refractivity contribution is 5.55. The van der Waals surface area contributed by atoms with E-state index >= 15 is 0 Å². The van der Waals surface area contributed by atoms with Gasteiger partial charge in [-0.1, -0.05) is 12.1 Å². The smallest absolute Gasteiger partial charge is 0.146 e. The number of nitrogens with zero attached hydrogens (tertiary/aromatic N) is 3. The number of hydrogen-bond donors (Lipinski definition) is 1. The molecule has 0 atom stereocenters. The second kappa shape index (κ2) is 6.10. The topological polar surface area (TPSA) is 45.4 Å². The summed E-state index contributed by atoms with van der Waals surface area (Å²) >= 11 is 0. The lowest BCUT2D eigenvalue weighted by molar-refractivity contribution is 0.597. The molecule has 110 valence electrons. The number of anilines is 2. The third-order valence-electron chi connectivity index (χ3n) is 3.92. The van der Waals surface area contributed by atoms with E-state index in [1.807, 2.05) is 24.4 Å². The Kier molecular flexibility index (Phi) is 4.01. The number of para-hydroxylation sites is 1. The van der Waals surface area contributed by atoms with Gasteiger partial charge in [-0.25, -0.2) is 4.39 Å². The molecular weight excluding hydrogens is 267 g/mol. The Balaban J connectivity index is 1.72. The van der Waals surface area contributed by atoms with Gasteiger partial charge in [-0.2, -0.15) is 0 Å². The molecule has 0 amide bonds. The standard InChI is InChI=1S/C16H19FN4/c17-14-3-1-2-4-15(14)20-7-9-21(10-8-20)16-12-19-6-5-13(16)11-18/h1-6,12H,7-11,18H2. The average Bonchev–Trinajstić information content (AvgIpc) is 2.55. The Morgan fingerprint density at radius 3 is 2.33 bits per heavy atom. The first-order valence-electron chi connectivity index (χ1n) is 7.17. The number of aromatic nitrogens is 1. The lowest BCUT2D eigenvalue weighted by Gasteiger charge is -2.38. The largest absolute Gasteiger partial charge is 0.366 e. The maximum Gasteiger partial charge on any atom is 0.146 e. The van der Waals surface area contributed by atoms with Gasteiger partial charge >= 0.3 is 0 Å². The minimum Gasteiger partial charge on any atom is -0.366 e. The van der Waals surface area contributed by atoms with E-state index in [1.165, 1.54) is 6.07 Å². The number of rotatable bonds is 3. The molecule has 0 radical (unpaired) electrons. The zero-order valence-electron chi connectivity index (χ0n) is 11.9. The van der Waals surface area contributed by atoms with Crippen molar-refractivity contribution in [2.75, 3.05) is 36.0 Å². The molecule has 5 heteroatoms. The van der Waals surface area contributed by atoms with Gasteiger partial charge in [0.15, 0.2) is 0 Å². The number of halogens is 1. The zero-order valence-corrected chi connectivity index (χ0v) is 11.9. The average molecular weight is 286 g/mol. The Morgan fingerprint density at radius 2 is 1.67 bits per heavy atom. The summed E-state index contributed by atoms with van der Waals surface area (Å²) in [7, 11) is 0. The van der Waals surface area contributed by atoms with Gasteiger partial charge in [-0.15, -0.1) is 0 Å². The van der Waals surface area contributed by atoms with Crippen molar-refractivity contribution >= 4 is 11.4 Å². The summed E-state index contributed by atoms with van der Waals surface area (Å²) in [6, 6.07) is 8.89. The van der Waals surface area contributed by atoms with Crippen LogP contribution in [0.5, 0.6) is 0 Å². The molecule has 0 bridgehead atoms. The predicted molar refractivity (Wildman–Crippen MR) is 83.0 cm³/mol. The minimum absolute atomic E-state index is 0.157. The maximum absolute atomic E-state index is 13.8. The molecule has 1 fully saturated rings. The summed E-state index contributed by atoms with van der Waals surface area (Å²) in [6.07, 6.45) is 3.63. The minimum atomic E-state index is -0.157. The van der Waals surface area contributed by atoms with Crippen LogP contribution < -0.4 is 15.5 Å². The number of pyridine rings is 1. The van der Waals surface area contributed by atoms with E-state index < -0.39 is 0 Å². The molecule has 1 aliphatic rings. The van der Waals surface area contributed by atoms with Crippen LogP contribution in [-0.4, -0.2) is 31.2 Å². The van der Waals surface area contributed by atoms with Crippen molar-refractivity contribution in [3.63, 3.8) is 0 Å². The van der Waals surface area contributed by atoms with E-state index in [-0.39, 0.29) is 5.82 Å². The molecule has 0 unspecified atom stereocenters. The van der Waals surface area contributed by atoms with Gasteiger partial charge in [-0.05, 0) is 23.8 Å². The van der Waals surface area contributed by atoms with Crippen molar-refractivity contribution in [2.24, 2.45) is 5.73 Å². The van der Waals surface area contributed by atoms with Crippen molar-refractivity contribution < 1.29 is 4.39 Å². The highest BCUT2D eigenvalue weighted by Gasteiger charge is 2.20. The molecule has 0 aliphatic carbocycles. The summed E-state index contributed by atoms with van der Waals surface area (Å²) in [5.41, 5.74) is 8.66. The van der Waals surface area contributed by atoms with E-state index in [4.69, 9.17) is 5.73 Å². The van der Waals surface area contributed by atoms with Crippen molar-refractivity contribution in [1.29, 1.82) is 0 Å². The summed E-state index contributed by atoms with van der Waals surface area (Å²) in [4.78, 5) is 8.55. The summed E-state index contributed by atoms with van der Waals surface area (Å²) in [6.45, 7) is 3.77. The van der Waals surface area contributed by atoms with E-state index in [1.54, 1.807) is 12.3 Å². The van der Waals surface area contributed by atoms with Gasteiger partial charge in [-0.3, -0.25) is 4.98 Å². The number of nitrogens with two attached hydrogens (primary N) is 1. The summed E-state index contributed by atoms with van der Waals surface area (Å²) in [5.74, 6) is -0.157. The Bertz CT molecular complexity index is 609. The second-order valence-electron chi connectivity index (χ2n) is 5.13. The van der Waals surface area contributed by atoms with Crippen molar-refractivity contribution in [1.82, 2.24) is 4.98 Å². The third-order valence-corrected chi connectivity index (χ3v) is 3.92. The first-order chi connectivity index (χ1) is 10.3. The second-order valence-corrected chi connectivity index (χ2v) is 5.13. The van der Waals surface area contributed by atoms with Crippen LogP contribution in [0.1, 0.15) is 5.56 Å². The van der Waals surface area contributed by atoms with Gasteiger partial charge < -0.3 is 15.5 Å². The molecule has 3 rings (SSSR count). The highest BCUT2D eigenvalue weighted by atomic mass is 19.1. The normalized spacial score (nSPS) is 15.3. The van der Waals surface area contributed by atoms with Crippen LogP contribution in [0.25, 0.3) is 0 Å². The quantitative estimate of drug-likeness (QED) is 0.937. The molecule has 2 aromatic rings. The van der Waals surface area contributed by atoms with E-state index in [2.05, 4.69) is 14.8 Å². The lowest BCUT2D eigenvalue weighted by Crippen LogP contribution is -2.47. The summed E-state index contributed by atoms with van der Waals surface area (Å²) < 4.78 is 13.8. The van der Waals surface area contributed by atoms with Crippen LogP contribution in [0.4, 0.5) is 15.8 Å². The highest BCUT2D eigenvalue weighted by Crippen LogP contribution is 2.24. The first kappa shape index (κ1) is 13.8. The Hall–Kier alpha value is -2.14. The fourth-order valence-corrected chi connectivity index (χ4v) is 2.77. The predicted octanol–water partition coefficient (Wildman–Crippen LogP) is 2.01. The van der Waals surface area contributed by atoms with Crippen molar-refractivity contribution in [3.05, 3.63) is 54.1 Å². The van der Waals surface area contributed by atoms with Crippen LogP contribution in [0.2, 0.25) is 0 Å². The molecule has 1 aromatic carbocycles. The molecule has 2 N–H and O–H groups in total. The monoisotopic (exact) mass is 286 g/mol. The fraction of sp³-hybridized carbons (Fsp3) is 0.312. The van der Waals surface area contributed by atoms with Gasteiger partial charge in [0.05, 0.1) is 17.6 Å². The molecule has 21 heavy (non-hydrogen) atoms. The molecule has 1 saturated heterocycles. The van der Waals surface area contributed by atoms with Gasteiger partial charge in [0, 0.05) is 38.9 Å². The molecule has 1 aromatic heterocycles. The van der Waals surface area contributed by atoms with Crippen LogP contribution in [-0.2, 0) is 6.54 Å². The van der Waals surface area contributed by atoms with Gasteiger partial charge in [0.25, 0.3) is 0 Å². The van der Waals surface area contributed by atoms with E-state index in [0.29, 0.717) is 12.2 Å². The zero-order chi connectivity index (χ0) is 14.7. The Labute approximate surface area is 124 Å². The number of piperazine rings is 1. The van der Waals surface area contributed by atoms with Crippen LogP contribution in [0.3, 0.4) is 0 Å². The first-order valence-corrected chi connectivity index (χ1v) is 7.17. The summed E-state index contributed by atoms with van der Waals surface area (Å²) in [5, 5.41) is 0. The third kappa shape index (κ3) is 2.83.